The van der Waals surface area contributed by atoms with E-state index in [1.807, 2.05) is 0 Å². The summed E-state index contributed by atoms with van der Waals surface area (Å²) >= 11 is 0. The molecule has 0 bridgehead atoms. The fraction of sp³-hybridized carbons (Fsp3) is 1.00. The van der Waals surface area contributed by atoms with Crippen molar-refractivity contribution in [3.8, 4) is 0 Å². The highest BCUT2D eigenvalue weighted by molar-refractivity contribution is 4.77. The van der Waals surface area contributed by atoms with Gasteiger partial charge in [0.1, 0.15) is 0 Å². The molecular formula is C13H25NO. The molecule has 0 aromatic heterocycles. The van der Waals surface area contributed by atoms with Crippen LogP contribution in [0.1, 0.15) is 51.9 Å². The second-order valence-electron chi connectivity index (χ2n) is 5.26. The Labute approximate surface area is 93.8 Å². The summed E-state index contributed by atoms with van der Waals surface area (Å²) in [5.74, 6) is 0.745. The van der Waals surface area contributed by atoms with Crippen molar-refractivity contribution in [3.63, 3.8) is 0 Å². The van der Waals surface area contributed by atoms with Crippen LogP contribution in [0.5, 0.6) is 0 Å². The first-order valence-electron chi connectivity index (χ1n) is 6.72. The zero-order chi connectivity index (χ0) is 10.5. The number of piperidine rings is 1. The third kappa shape index (κ3) is 3.46. The van der Waals surface area contributed by atoms with Gasteiger partial charge >= 0.3 is 0 Å². The van der Waals surface area contributed by atoms with Gasteiger partial charge in [0.2, 0.25) is 0 Å². The van der Waals surface area contributed by atoms with Crippen LogP contribution in [-0.2, 0) is 4.74 Å². The summed E-state index contributed by atoms with van der Waals surface area (Å²) in [6.45, 7) is 4.57. The summed E-state index contributed by atoms with van der Waals surface area (Å²) < 4.78 is 6.26. The van der Waals surface area contributed by atoms with Gasteiger partial charge in [-0.25, -0.2) is 0 Å². The molecule has 0 radical (unpaired) electrons. The molecule has 2 heteroatoms. The van der Waals surface area contributed by atoms with Crippen LogP contribution in [0.2, 0.25) is 0 Å². The first-order chi connectivity index (χ1) is 7.36. The molecule has 1 aliphatic heterocycles. The largest absolute Gasteiger partial charge is 0.373 e. The molecule has 0 amide bonds. The lowest BCUT2D eigenvalue weighted by Gasteiger charge is -2.32. The van der Waals surface area contributed by atoms with E-state index in [1.54, 1.807) is 0 Å². The van der Waals surface area contributed by atoms with Crippen LogP contribution in [-0.4, -0.2) is 25.3 Å². The molecule has 15 heavy (non-hydrogen) atoms. The molecule has 1 aliphatic carbocycles. The summed E-state index contributed by atoms with van der Waals surface area (Å²) in [5, 5.41) is 3.45. The van der Waals surface area contributed by atoms with Gasteiger partial charge in [-0.1, -0.05) is 32.6 Å². The molecule has 2 fully saturated rings. The average Bonchev–Trinajstić information content (AvgIpc) is 2.50. The van der Waals surface area contributed by atoms with E-state index in [0.29, 0.717) is 12.2 Å². The monoisotopic (exact) mass is 211 g/mol. The Bertz CT molecular complexity index is 175. The zero-order valence-electron chi connectivity index (χ0n) is 10.0. The van der Waals surface area contributed by atoms with E-state index < -0.39 is 0 Å². The molecule has 2 nitrogen and oxygen atoms in total. The summed E-state index contributed by atoms with van der Waals surface area (Å²) in [4.78, 5) is 0. The standard InChI is InChI=1S/C13H25NO/c1-11-8-9-14-10-13(11)15-12-6-4-2-3-5-7-12/h11-14H,2-10H2,1H3. The minimum Gasteiger partial charge on any atom is -0.373 e. The van der Waals surface area contributed by atoms with Crippen LogP contribution in [0.4, 0.5) is 0 Å². The predicted octanol–water partition coefficient (Wildman–Crippen LogP) is 2.72. The fourth-order valence-corrected chi connectivity index (χ4v) is 2.77. The van der Waals surface area contributed by atoms with E-state index in [0.717, 1.165) is 12.5 Å². The van der Waals surface area contributed by atoms with E-state index in [-0.39, 0.29) is 0 Å². The third-order valence-corrected chi connectivity index (χ3v) is 3.93. The lowest BCUT2D eigenvalue weighted by Crippen LogP contribution is -2.42. The van der Waals surface area contributed by atoms with E-state index >= 15 is 0 Å². The van der Waals surface area contributed by atoms with Gasteiger partial charge in [0.05, 0.1) is 12.2 Å². The highest BCUT2D eigenvalue weighted by Gasteiger charge is 2.25. The highest BCUT2D eigenvalue weighted by Crippen LogP contribution is 2.24. The van der Waals surface area contributed by atoms with Crippen molar-refractivity contribution in [1.29, 1.82) is 0 Å². The second kappa shape index (κ2) is 5.86. The topological polar surface area (TPSA) is 21.3 Å². The summed E-state index contributed by atoms with van der Waals surface area (Å²) in [7, 11) is 0. The molecule has 88 valence electrons. The van der Waals surface area contributed by atoms with Gasteiger partial charge in [0, 0.05) is 6.54 Å². The summed E-state index contributed by atoms with van der Waals surface area (Å²) in [6.07, 6.45) is 10.5. The number of rotatable bonds is 2. The molecule has 1 saturated heterocycles. The third-order valence-electron chi connectivity index (χ3n) is 3.93. The van der Waals surface area contributed by atoms with Crippen molar-refractivity contribution < 1.29 is 4.74 Å². The Morgan fingerprint density at radius 1 is 1.00 bits per heavy atom. The van der Waals surface area contributed by atoms with Crippen molar-refractivity contribution in [3.05, 3.63) is 0 Å². The van der Waals surface area contributed by atoms with Crippen LogP contribution in [0.25, 0.3) is 0 Å². The Morgan fingerprint density at radius 2 is 1.73 bits per heavy atom. The maximum atomic E-state index is 6.26. The molecule has 0 aromatic rings. The Hall–Kier alpha value is -0.0800. The molecule has 1 saturated carbocycles. The minimum absolute atomic E-state index is 0.474. The van der Waals surface area contributed by atoms with Gasteiger partial charge in [-0.2, -0.15) is 0 Å². The lowest BCUT2D eigenvalue weighted by molar-refractivity contribution is -0.0534. The minimum atomic E-state index is 0.474. The van der Waals surface area contributed by atoms with Crippen molar-refractivity contribution in [2.24, 2.45) is 5.92 Å². The van der Waals surface area contributed by atoms with Crippen LogP contribution in [0.15, 0.2) is 0 Å². The summed E-state index contributed by atoms with van der Waals surface area (Å²) in [6, 6.07) is 0. The van der Waals surface area contributed by atoms with Crippen LogP contribution in [0.3, 0.4) is 0 Å². The number of hydrogen-bond donors (Lipinski definition) is 1. The van der Waals surface area contributed by atoms with Crippen LogP contribution >= 0.6 is 0 Å². The smallest absolute Gasteiger partial charge is 0.0729 e. The van der Waals surface area contributed by atoms with Crippen LogP contribution in [0, 0.1) is 5.92 Å². The van der Waals surface area contributed by atoms with E-state index in [9.17, 15) is 0 Å². The molecule has 2 unspecified atom stereocenters. The first kappa shape index (κ1) is 11.4. The van der Waals surface area contributed by atoms with Crippen molar-refractivity contribution in [1.82, 2.24) is 5.32 Å². The van der Waals surface area contributed by atoms with Gasteiger partial charge in [0.15, 0.2) is 0 Å². The van der Waals surface area contributed by atoms with E-state index in [4.69, 9.17) is 4.74 Å². The molecule has 2 atom stereocenters. The van der Waals surface area contributed by atoms with Gasteiger partial charge < -0.3 is 10.1 Å². The quantitative estimate of drug-likeness (QED) is 0.709. The number of nitrogens with one attached hydrogen (secondary N) is 1. The number of hydrogen-bond acceptors (Lipinski definition) is 2. The van der Waals surface area contributed by atoms with E-state index in [1.165, 1.54) is 51.5 Å². The number of ether oxygens (including phenoxy) is 1. The molecule has 2 rings (SSSR count). The van der Waals surface area contributed by atoms with Crippen LogP contribution < -0.4 is 5.32 Å². The van der Waals surface area contributed by atoms with Gasteiger partial charge in [-0.15, -0.1) is 0 Å². The molecule has 1 N–H and O–H groups in total. The predicted molar refractivity (Wildman–Crippen MR) is 63.0 cm³/mol. The lowest BCUT2D eigenvalue weighted by atomic mass is 9.97. The van der Waals surface area contributed by atoms with Gasteiger partial charge in [-0.3, -0.25) is 0 Å². The highest BCUT2D eigenvalue weighted by atomic mass is 16.5. The van der Waals surface area contributed by atoms with Gasteiger partial charge in [-0.05, 0) is 31.7 Å². The molecule has 2 aliphatic rings. The van der Waals surface area contributed by atoms with Crippen molar-refractivity contribution >= 4 is 0 Å². The van der Waals surface area contributed by atoms with E-state index in [2.05, 4.69) is 12.2 Å². The Balaban J connectivity index is 1.78. The fourth-order valence-electron chi connectivity index (χ4n) is 2.77. The zero-order valence-corrected chi connectivity index (χ0v) is 10.0. The van der Waals surface area contributed by atoms with Gasteiger partial charge in [0.25, 0.3) is 0 Å². The maximum Gasteiger partial charge on any atom is 0.0729 e. The molecule has 0 aromatic carbocycles. The molecule has 1 heterocycles. The Kier molecular flexibility index (Phi) is 4.45. The van der Waals surface area contributed by atoms with Crippen molar-refractivity contribution in [2.45, 2.75) is 64.1 Å². The second-order valence-corrected chi connectivity index (χ2v) is 5.26. The normalized spacial score (nSPS) is 35.0. The molecular weight excluding hydrogens is 186 g/mol. The molecule has 0 spiro atoms. The van der Waals surface area contributed by atoms with Crippen molar-refractivity contribution in [2.75, 3.05) is 13.1 Å². The average molecular weight is 211 g/mol. The maximum absolute atomic E-state index is 6.26. The SMILES string of the molecule is CC1CCNCC1OC1CCCCCC1. The summed E-state index contributed by atoms with van der Waals surface area (Å²) in [5.41, 5.74) is 0. The first-order valence-corrected chi connectivity index (χ1v) is 6.72. The Morgan fingerprint density at radius 3 is 2.40 bits per heavy atom.